The van der Waals surface area contributed by atoms with Gasteiger partial charge in [-0.2, -0.15) is 0 Å². The van der Waals surface area contributed by atoms with Crippen LogP contribution in [0.1, 0.15) is 24.0 Å². The van der Waals surface area contributed by atoms with Gasteiger partial charge in [0.2, 0.25) is 0 Å². The molecule has 5 nitrogen and oxygen atoms in total. The zero-order chi connectivity index (χ0) is 17.5. The highest BCUT2D eigenvalue weighted by molar-refractivity contribution is 5.67. The minimum Gasteiger partial charge on any atom is -0.445 e. The Kier molecular flexibility index (Phi) is 5.88. The zero-order valence-corrected chi connectivity index (χ0v) is 14.6. The first kappa shape index (κ1) is 17.3. The van der Waals surface area contributed by atoms with E-state index < -0.39 is 0 Å². The number of likely N-dealkylation sites (tertiary alicyclic amines) is 1. The molecule has 2 aromatic rings. The summed E-state index contributed by atoms with van der Waals surface area (Å²) in [5.41, 5.74) is 2.22. The molecule has 0 radical (unpaired) electrons. The van der Waals surface area contributed by atoms with Crippen LogP contribution in [-0.4, -0.2) is 35.6 Å². The maximum absolute atomic E-state index is 12.2. The fraction of sp³-hybridized carbons (Fsp3) is 0.400. The van der Waals surface area contributed by atoms with Gasteiger partial charge in [0.15, 0.2) is 0 Å². The summed E-state index contributed by atoms with van der Waals surface area (Å²) in [4.78, 5) is 18.3. The number of hydrogen-bond donors (Lipinski definition) is 1. The van der Waals surface area contributed by atoms with Gasteiger partial charge < -0.3 is 15.0 Å². The van der Waals surface area contributed by atoms with Gasteiger partial charge in [0, 0.05) is 25.8 Å². The van der Waals surface area contributed by atoms with Crippen molar-refractivity contribution < 1.29 is 9.53 Å². The molecule has 0 spiro atoms. The summed E-state index contributed by atoms with van der Waals surface area (Å²) in [6.45, 7) is 4.79. The van der Waals surface area contributed by atoms with Crippen LogP contribution in [-0.2, 0) is 11.3 Å². The number of aryl methyl sites for hydroxylation is 1. The summed E-state index contributed by atoms with van der Waals surface area (Å²) in [6.07, 6.45) is 3.58. The molecule has 0 saturated carbocycles. The van der Waals surface area contributed by atoms with E-state index in [4.69, 9.17) is 4.74 Å². The van der Waals surface area contributed by atoms with Gasteiger partial charge in [0.1, 0.15) is 12.4 Å². The second kappa shape index (κ2) is 8.51. The van der Waals surface area contributed by atoms with Crippen molar-refractivity contribution in [2.75, 3.05) is 25.0 Å². The van der Waals surface area contributed by atoms with E-state index in [2.05, 4.69) is 23.3 Å². The molecule has 132 valence electrons. The predicted octanol–water partition coefficient (Wildman–Crippen LogP) is 3.85. The summed E-state index contributed by atoms with van der Waals surface area (Å²) in [5.74, 6) is 1.48. The Bertz CT molecular complexity index is 682. The number of rotatable bonds is 5. The van der Waals surface area contributed by atoms with E-state index in [0.717, 1.165) is 43.9 Å². The maximum Gasteiger partial charge on any atom is 0.410 e. The molecule has 5 heteroatoms. The first-order valence-corrected chi connectivity index (χ1v) is 8.83. The number of piperidine rings is 1. The van der Waals surface area contributed by atoms with E-state index in [1.807, 2.05) is 47.5 Å². The molecule has 1 aromatic carbocycles. The predicted molar refractivity (Wildman–Crippen MR) is 98.4 cm³/mol. The number of anilines is 1. The summed E-state index contributed by atoms with van der Waals surface area (Å²) < 4.78 is 5.41. The van der Waals surface area contributed by atoms with Crippen molar-refractivity contribution in [3.63, 3.8) is 0 Å². The molecule has 0 bridgehead atoms. The SMILES string of the molecule is Cc1ccnc(NCC2CCN(C(=O)OCc3ccccc3)CC2)c1. The van der Waals surface area contributed by atoms with Gasteiger partial charge in [-0.15, -0.1) is 0 Å². The molecule has 1 aliphatic rings. The molecule has 0 unspecified atom stereocenters. The van der Waals surface area contributed by atoms with Gasteiger partial charge >= 0.3 is 6.09 Å². The second-order valence-corrected chi connectivity index (χ2v) is 6.57. The van der Waals surface area contributed by atoms with Crippen LogP contribution >= 0.6 is 0 Å². The molecule has 3 rings (SSSR count). The van der Waals surface area contributed by atoms with Crippen LogP contribution in [0.2, 0.25) is 0 Å². The van der Waals surface area contributed by atoms with Crippen LogP contribution in [0, 0.1) is 12.8 Å². The second-order valence-electron chi connectivity index (χ2n) is 6.57. The van der Waals surface area contributed by atoms with Crippen molar-refractivity contribution in [1.82, 2.24) is 9.88 Å². The molecule has 0 aliphatic carbocycles. The smallest absolute Gasteiger partial charge is 0.410 e. The van der Waals surface area contributed by atoms with Crippen molar-refractivity contribution in [1.29, 1.82) is 0 Å². The number of hydrogen-bond acceptors (Lipinski definition) is 4. The summed E-state index contributed by atoms with van der Waals surface area (Å²) >= 11 is 0. The Hall–Kier alpha value is -2.56. The van der Waals surface area contributed by atoms with Crippen LogP contribution < -0.4 is 5.32 Å². The molecule has 1 N–H and O–H groups in total. The molecule has 2 heterocycles. The average molecular weight is 339 g/mol. The number of pyridine rings is 1. The van der Waals surface area contributed by atoms with Gasteiger partial charge in [-0.3, -0.25) is 0 Å². The van der Waals surface area contributed by atoms with Crippen LogP contribution in [0.5, 0.6) is 0 Å². The van der Waals surface area contributed by atoms with Crippen LogP contribution in [0.25, 0.3) is 0 Å². The quantitative estimate of drug-likeness (QED) is 0.899. The van der Waals surface area contributed by atoms with Crippen LogP contribution in [0.4, 0.5) is 10.6 Å². The van der Waals surface area contributed by atoms with Gasteiger partial charge in [-0.05, 0) is 48.9 Å². The van der Waals surface area contributed by atoms with Crippen molar-refractivity contribution >= 4 is 11.9 Å². The standard InChI is InChI=1S/C20H25N3O2/c1-16-7-10-21-19(13-16)22-14-17-8-11-23(12-9-17)20(24)25-15-18-5-3-2-4-6-18/h2-7,10,13,17H,8-9,11-12,14-15H2,1H3,(H,21,22). The fourth-order valence-corrected chi connectivity index (χ4v) is 3.01. The lowest BCUT2D eigenvalue weighted by molar-refractivity contribution is 0.0832. The highest BCUT2D eigenvalue weighted by Crippen LogP contribution is 2.19. The normalized spacial score (nSPS) is 15.0. The van der Waals surface area contributed by atoms with Gasteiger partial charge in [0.25, 0.3) is 0 Å². The lowest BCUT2D eigenvalue weighted by Gasteiger charge is -2.31. The van der Waals surface area contributed by atoms with Crippen molar-refractivity contribution in [2.45, 2.75) is 26.4 Å². The third kappa shape index (κ3) is 5.21. The fourth-order valence-electron chi connectivity index (χ4n) is 3.01. The summed E-state index contributed by atoms with van der Waals surface area (Å²) in [6, 6.07) is 13.8. The number of amides is 1. The first-order valence-electron chi connectivity index (χ1n) is 8.83. The van der Waals surface area contributed by atoms with E-state index in [1.165, 1.54) is 5.56 Å². The minimum atomic E-state index is -0.212. The van der Waals surface area contributed by atoms with E-state index in [9.17, 15) is 4.79 Å². The van der Waals surface area contributed by atoms with Crippen molar-refractivity contribution in [2.24, 2.45) is 5.92 Å². The topological polar surface area (TPSA) is 54.5 Å². The third-order valence-electron chi connectivity index (χ3n) is 4.57. The highest BCUT2D eigenvalue weighted by Gasteiger charge is 2.23. The molecular weight excluding hydrogens is 314 g/mol. The van der Waals surface area contributed by atoms with Gasteiger partial charge in [0.05, 0.1) is 0 Å². The minimum absolute atomic E-state index is 0.212. The molecule has 1 aliphatic heterocycles. The Labute approximate surface area is 149 Å². The van der Waals surface area contributed by atoms with E-state index in [-0.39, 0.29) is 6.09 Å². The summed E-state index contributed by atoms with van der Waals surface area (Å²) in [5, 5.41) is 3.40. The van der Waals surface area contributed by atoms with Gasteiger partial charge in [-0.25, -0.2) is 9.78 Å². The molecule has 1 saturated heterocycles. The number of aromatic nitrogens is 1. The Balaban J connectivity index is 1.38. The Morgan fingerprint density at radius 2 is 2.00 bits per heavy atom. The zero-order valence-electron chi connectivity index (χ0n) is 14.6. The molecular formula is C20H25N3O2. The van der Waals surface area contributed by atoms with Crippen LogP contribution in [0.15, 0.2) is 48.7 Å². The Morgan fingerprint density at radius 3 is 2.72 bits per heavy atom. The molecule has 1 aromatic heterocycles. The Morgan fingerprint density at radius 1 is 1.24 bits per heavy atom. The lowest BCUT2D eigenvalue weighted by Crippen LogP contribution is -2.40. The van der Waals surface area contributed by atoms with E-state index >= 15 is 0 Å². The molecule has 1 fully saturated rings. The number of nitrogens with one attached hydrogen (secondary N) is 1. The number of carbonyl (C=O) groups excluding carboxylic acids is 1. The largest absolute Gasteiger partial charge is 0.445 e. The van der Waals surface area contributed by atoms with Crippen molar-refractivity contribution in [3.05, 3.63) is 59.8 Å². The van der Waals surface area contributed by atoms with Gasteiger partial charge in [-0.1, -0.05) is 30.3 Å². The number of benzene rings is 1. The highest BCUT2D eigenvalue weighted by atomic mass is 16.6. The van der Waals surface area contributed by atoms with E-state index in [1.54, 1.807) is 0 Å². The molecule has 1 amide bonds. The van der Waals surface area contributed by atoms with E-state index in [0.29, 0.717) is 12.5 Å². The summed E-state index contributed by atoms with van der Waals surface area (Å²) in [7, 11) is 0. The first-order chi connectivity index (χ1) is 12.2. The number of ether oxygens (including phenoxy) is 1. The number of nitrogens with zero attached hydrogens (tertiary/aromatic N) is 2. The van der Waals surface area contributed by atoms with Crippen molar-refractivity contribution in [3.8, 4) is 0 Å². The van der Waals surface area contributed by atoms with Crippen LogP contribution in [0.3, 0.4) is 0 Å². The molecule has 25 heavy (non-hydrogen) atoms. The maximum atomic E-state index is 12.2. The molecule has 0 atom stereocenters. The lowest BCUT2D eigenvalue weighted by atomic mass is 9.97. The monoisotopic (exact) mass is 339 g/mol. The number of carbonyl (C=O) groups is 1. The average Bonchev–Trinajstić information content (AvgIpc) is 2.66. The third-order valence-corrected chi connectivity index (χ3v) is 4.57.